The third-order valence-corrected chi connectivity index (χ3v) is 7.86. The Morgan fingerprint density at radius 2 is 1.93 bits per heavy atom. The van der Waals surface area contributed by atoms with Gasteiger partial charge in [0.15, 0.2) is 10.8 Å². The van der Waals surface area contributed by atoms with Crippen LogP contribution in [-0.4, -0.2) is 94.1 Å². The van der Waals surface area contributed by atoms with E-state index in [2.05, 4.69) is 20.4 Å². The van der Waals surface area contributed by atoms with E-state index in [0.717, 1.165) is 11.3 Å². The molecule has 19 heteroatoms. The highest BCUT2D eigenvalue weighted by Gasteiger charge is 2.60. The van der Waals surface area contributed by atoms with Gasteiger partial charge < -0.3 is 37.2 Å². The van der Waals surface area contributed by atoms with E-state index in [-0.39, 0.29) is 26.7 Å². The Morgan fingerprint density at radius 3 is 2.43 bits per heavy atom. The number of carbonyl (C=O) groups is 3. The third kappa shape index (κ3) is 7.11. The van der Waals surface area contributed by atoms with Crippen molar-refractivity contribution in [2.75, 3.05) is 25.4 Å². The zero-order valence-electron chi connectivity index (χ0n) is 22.7. The molecule has 1 aliphatic heterocycles. The minimum absolute atomic E-state index is 0.0549. The second-order valence-corrected chi connectivity index (χ2v) is 11.9. The van der Waals surface area contributed by atoms with Gasteiger partial charge in [0.25, 0.3) is 17.9 Å². The average molecular weight is 627 g/mol. The van der Waals surface area contributed by atoms with E-state index in [9.17, 15) is 32.5 Å². The van der Waals surface area contributed by atoms with E-state index in [0.29, 0.717) is 23.5 Å². The van der Waals surface area contributed by atoms with Crippen LogP contribution in [0.15, 0.2) is 34.4 Å². The van der Waals surface area contributed by atoms with E-state index < -0.39 is 58.1 Å². The highest BCUT2D eigenvalue weighted by molar-refractivity contribution is 7.84. The lowest BCUT2D eigenvalue weighted by Gasteiger charge is -2.50. The van der Waals surface area contributed by atoms with Crippen LogP contribution in [0.25, 0.3) is 0 Å². The van der Waals surface area contributed by atoms with Gasteiger partial charge in [-0.15, -0.1) is 11.3 Å². The van der Waals surface area contributed by atoms with E-state index in [1.54, 1.807) is 19.1 Å². The molecule has 2 heterocycles. The molecule has 228 valence electrons. The van der Waals surface area contributed by atoms with Gasteiger partial charge >= 0.3 is 16.3 Å². The fourth-order valence-electron chi connectivity index (χ4n) is 3.87. The molecule has 17 nitrogen and oxygen atoms in total. The van der Waals surface area contributed by atoms with Gasteiger partial charge in [-0.1, -0.05) is 5.16 Å². The van der Waals surface area contributed by atoms with Crippen molar-refractivity contribution in [2.24, 2.45) is 21.6 Å². The number of ether oxygens (including phenoxy) is 1. The van der Waals surface area contributed by atoms with Crippen molar-refractivity contribution in [1.29, 1.82) is 0 Å². The largest absolute Gasteiger partial charge is 0.489 e. The number of nitrogens with zero attached hydrogens (tertiary/aromatic N) is 4. The zero-order chi connectivity index (χ0) is 31.4. The monoisotopic (exact) mass is 626 g/mol. The second kappa shape index (κ2) is 12.7. The number of carboxylic acid groups (broad SMARTS) is 1. The number of benzene rings is 1. The first-order valence-electron chi connectivity index (χ1n) is 12.1. The number of hydrogen-bond acceptors (Lipinski definition) is 13. The first kappa shape index (κ1) is 32.2. The summed E-state index contributed by atoms with van der Waals surface area (Å²) >= 11 is 1.01. The molecule has 2 amide bonds. The van der Waals surface area contributed by atoms with Gasteiger partial charge in [-0.2, -0.15) is 8.42 Å². The molecule has 9 N–H and O–H groups in total. The van der Waals surface area contributed by atoms with Gasteiger partial charge in [0.2, 0.25) is 0 Å². The van der Waals surface area contributed by atoms with E-state index in [4.69, 9.17) is 26.8 Å². The van der Waals surface area contributed by atoms with Crippen LogP contribution in [0.5, 0.6) is 5.75 Å². The molecule has 0 unspecified atom stereocenters. The Balaban J connectivity index is 1.79. The van der Waals surface area contributed by atoms with Crippen LogP contribution in [0, 0.1) is 6.92 Å². The Morgan fingerprint density at radius 1 is 1.29 bits per heavy atom. The van der Waals surface area contributed by atoms with Crippen molar-refractivity contribution in [3.05, 3.63) is 40.4 Å². The molecule has 1 saturated heterocycles. The Hall–Kier alpha value is -4.33. The number of aliphatic imine (C=N–C) groups is 1. The summed E-state index contributed by atoms with van der Waals surface area (Å²) in [6, 6.07) is 4.92. The van der Waals surface area contributed by atoms with Gasteiger partial charge in [-0.3, -0.25) is 19.1 Å². The molecule has 1 aliphatic rings. The molecule has 0 saturated carbocycles. The summed E-state index contributed by atoms with van der Waals surface area (Å²) in [6.07, 6.45) is -1.70. The predicted octanol–water partition coefficient (Wildman–Crippen LogP) is -1.14. The molecular weight excluding hydrogens is 596 g/mol. The van der Waals surface area contributed by atoms with Crippen LogP contribution in [-0.2, 0) is 29.5 Å². The number of amides is 2. The molecule has 3 rings (SSSR count). The number of aromatic nitrogens is 1. The molecule has 1 aromatic carbocycles. The van der Waals surface area contributed by atoms with Crippen LogP contribution in [0.3, 0.4) is 0 Å². The van der Waals surface area contributed by atoms with Crippen LogP contribution in [0.4, 0.5) is 5.13 Å². The molecule has 0 spiro atoms. The van der Waals surface area contributed by atoms with Crippen molar-refractivity contribution in [3.8, 4) is 5.75 Å². The van der Waals surface area contributed by atoms with E-state index in [1.807, 2.05) is 0 Å². The van der Waals surface area contributed by atoms with Gasteiger partial charge in [0, 0.05) is 17.0 Å². The summed E-state index contributed by atoms with van der Waals surface area (Å²) in [5.41, 5.74) is 15.5. The molecule has 2 atom stereocenters. The van der Waals surface area contributed by atoms with Gasteiger partial charge in [-0.25, -0.2) is 14.1 Å². The minimum Gasteiger partial charge on any atom is -0.489 e. The number of anilines is 1. The molecular formula is C23H30N8O9S2. The number of oxime groups is 1. The summed E-state index contributed by atoms with van der Waals surface area (Å²) in [7, 11) is -4.88. The Bertz CT molecular complexity index is 1520. The van der Waals surface area contributed by atoms with Crippen molar-refractivity contribution in [2.45, 2.75) is 38.5 Å². The number of thiazole rings is 1. The normalized spacial score (nSPS) is 17.8. The lowest BCUT2D eigenvalue weighted by molar-refractivity contribution is -0.152. The maximum Gasteiger partial charge on any atom is 0.362 e. The third-order valence-electron chi connectivity index (χ3n) is 5.95. The van der Waals surface area contributed by atoms with Crippen LogP contribution < -0.4 is 27.3 Å². The second-order valence-electron chi connectivity index (χ2n) is 9.36. The SMILES string of the molecule is Cc1sc(N)nc1/C(=N/O[C@@H](COc1ccc(C(N)=NCCN)cc1)C(=O)O)C(=O)N[C@@H]1C(=O)N(S(=O)(=O)O)C1(C)C. The first-order chi connectivity index (χ1) is 19.6. The number of aliphatic carboxylic acids is 1. The average Bonchev–Trinajstić information content (AvgIpc) is 3.23. The molecule has 1 aromatic heterocycles. The maximum atomic E-state index is 13.2. The minimum atomic E-state index is -4.88. The number of amidine groups is 1. The summed E-state index contributed by atoms with van der Waals surface area (Å²) in [5.74, 6) is -3.06. The van der Waals surface area contributed by atoms with E-state index in [1.165, 1.54) is 26.0 Å². The number of nitrogen functional groups attached to an aromatic ring is 1. The summed E-state index contributed by atoms with van der Waals surface area (Å²) in [4.78, 5) is 51.2. The van der Waals surface area contributed by atoms with Gasteiger partial charge in [-0.05, 0) is 45.0 Å². The Labute approximate surface area is 244 Å². The molecule has 42 heavy (non-hydrogen) atoms. The highest BCUT2D eigenvalue weighted by atomic mass is 32.2. The number of carbonyl (C=O) groups excluding carboxylic acids is 2. The number of rotatable bonds is 13. The fourth-order valence-corrected chi connectivity index (χ4v) is 5.59. The van der Waals surface area contributed by atoms with Crippen molar-refractivity contribution in [1.82, 2.24) is 14.6 Å². The van der Waals surface area contributed by atoms with Gasteiger partial charge in [0.1, 0.15) is 29.9 Å². The summed E-state index contributed by atoms with van der Waals surface area (Å²) in [6.45, 7) is 4.34. The number of aryl methyl sites for hydroxylation is 1. The smallest absolute Gasteiger partial charge is 0.362 e. The number of nitrogens with two attached hydrogens (primary N) is 3. The topological polar surface area (TPSA) is 275 Å². The lowest BCUT2D eigenvalue weighted by Crippen LogP contribution is -2.77. The molecule has 0 radical (unpaired) electrons. The molecule has 0 bridgehead atoms. The predicted molar refractivity (Wildman–Crippen MR) is 151 cm³/mol. The van der Waals surface area contributed by atoms with E-state index >= 15 is 0 Å². The standard InChI is InChI=1S/C23H30N8O9S2/c1-11-15(28-22(26)41-11)16(19(32)29-17-20(33)31(23(17,2)3)42(36,37)38)30-40-14(21(34)35)10-39-13-6-4-12(5-7-13)18(25)27-9-8-24/h4-7,14,17H,8-10,24H2,1-3H3,(H2,25,27)(H2,26,28)(H,29,32)(H,34,35)(H,36,37,38)/b30-16-/t14-,17+/m0/s1. The molecule has 2 aromatic rings. The number of hydrogen-bond donors (Lipinski definition) is 6. The van der Waals surface area contributed by atoms with Crippen molar-refractivity contribution in [3.63, 3.8) is 0 Å². The highest BCUT2D eigenvalue weighted by Crippen LogP contribution is 2.34. The Kier molecular flexibility index (Phi) is 9.71. The van der Waals surface area contributed by atoms with Gasteiger partial charge in [0.05, 0.1) is 12.1 Å². The van der Waals surface area contributed by atoms with Crippen molar-refractivity contribution >= 4 is 56.1 Å². The molecule has 1 fully saturated rings. The maximum absolute atomic E-state index is 13.2. The van der Waals surface area contributed by atoms with Crippen molar-refractivity contribution < 1.29 is 42.0 Å². The molecule has 0 aliphatic carbocycles. The summed E-state index contributed by atoms with van der Waals surface area (Å²) < 4.78 is 38.2. The van der Waals surface area contributed by atoms with Crippen LogP contribution in [0.2, 0.25) is 0 Å². The number of carboxylic acids is 1. The quantitative estimate of drug-likeness (QED) is 0.0505. The van der Waals surface area contributed by atoms with Crippen LogP contribution >= 0.6 is 11.3 Å². The summed E-state index contributed by atoms with van der Waals surface area (Å²) in [5, 5.41) is 15.8. The fraction of sp³-hybridized carbons (Fsp3) is 0.391. The van der Waals surface area contributed by atoms with Crippen LogP contribution in [0.1, 0.15) is 30.0 Å². The first-order valence-corrected chi connectivity index (χ1v) is 14.3. The number of β-lactam (4-membered cyclic amide) rings is 1. The number of nitrogens with one attached hydrogen (secondary N) is 1. The lowest BCUT2D eigenvalue weighted by atomic mass is 9.85. The zero-order valence-corrected chi connectivity index (χ0v) is 24.3.